The van der Waals surface area contributed by atoms with Crippen molar-refractivity contribution in [3.63, 3.8) is 0 Å². The molecule has 0 aliphatic rings. The fourth-order valence-electron chi connectivity index (χ4n) is 2.44. The SMILES string of the molecule is C=CC(=O)Oc1ccc(C(=O)Oc2ccc3cc(OC=O)ccc3c2)c(F)c1. The van der Waals surface area contributed by atoms with Gasteiger partial charge < -0.3 is 14.2 Å². The van der Waals surface area contributed by atoms with E-state index in [0.717, 1.165) is 29.0 Å². The van der Waals surface area contributed by atoms with Crippen LogP contribution >= 0.6 is 0 Å². The van der Waals surface area contributed by atoms with E-state index in [4.69, 9.17) is 14.2 Å². The van der Waals surface area contributed by atoms with E-state index in [9.17, 15) is 18.8 Å². The summed E-state index contributed by atoms with van der Waals surface area (Å²) < 4.78 is 29.0. The highest BCUT2D eigenvalue weighted by molar-refractivity contribution is 5.93. The molecule has 0 saturated carbocycles. The number of hydrogen-bond acceptors (Lipinski definition) is 6. The molecule has 0 aromatic heterocycles. The van der Waals surface area contributed by atoms with Gasteiger partial charge in [-0.1, -0.05) is 18.7 Å². The van der Waals surface area contributed by atoms with Gasteiger partial charge in [0.1, 0.15) is 23.1 Å². The Morgan fingerprint density at radius 1 is 0.857 bits per heavy atom. The van der Waals surface area contributed by atoms with Crippen molar-refractivity contribution in [1.82, 2.24) is 0 Å². The highest BCUT2D eigenvalue weighted by Gasteiger charge is 2.16. The summed E-state index contributed by atoms with van der Waals surface area (Å²) in [6.45, 7) is 3.57. The first-order valence-electron chi connectivity index (χ1n) is 8.00. The summed E-state index contributed by atoms with van der Waals surface area (Å²) in [6.07, 6.45) is 0.938. The fraction of sp³-hybridized carbons (Fsp3) is 0. The minimum absolute atomic E-state index is 0.0574. The standard InChI is InChI=1S/C21H13FO6/c1-2-20(24)27-17-7-8-18(19(22)11-17)21(25)28-16-6-4-13-9-15(26-12-23)5-3-14(13)10-16/h2-12H,1H2. The van der Waals surface area contributed by atoms with Crippen LogP contribution in [0.25, 0.3) is 10.8 Å². The first-order chi connectivity index (χ1) is 13.5. The lowest BCUT2D eigenvalue weighted by atomic mass is 10.1. The Balaban J connectivity index is 1.78. The van der Waals surface area contributed by atoms with E-state index in [1.165, 1.54) is 12.1 Å². The predicted octanol–water partition coefficient (Wildman–Crippen LogP) is 3.82. The molecule has 0 saturated heterocycles. The quantitative estimate of drug-likeness (QED) is 0.280. The molecule has 140 valence electrons. The predicted molar refractivity (Wildman–Crippen MR) is 97.8 cm³/mol. The zero-order valence-electron chi connectivity index (χ0n) is 14.4. The lowest BCUT2D eigenvalue weighted by Gasteiger charge is -2.08. The maximum absolute atomic E-state index is 14.2. The van der Waals surface area contributed by atoms with Crippen molar-refractivity contribution in [1.29, 1.82) is 0 Å². The monoisotopic (exact) mass is 380 g/mol. The lowest BCUT2D eigenvalue weighted by Crippen LogP contribution is -2.11. The smallest absolute Gasteiger partial charge is 0.346 e. The van der Waals surface area contributed by atoms with E-state index < -0.39 is 17.8 Å². The van der Waals surface area contributed by atoms with Gasteiger partial charge in [-0.2, -0.15) is 0 Å². The summed E-state index contributed by atoms with van der Waals surface area (Å²) in [6, 6.07) is 13.1. The second-order valence-electron chi connectivity index (χ2n) is 5.54. The van der Waals surface area contributed by atoms with Crippen LogP contribution in [0, 0.1) is 5.82 Å². The van der Waals surface area contributed by atoms with Gasteiger partial charge in [0, 0.05) is 12.1 Å². The van der Waals surface area contributed by atoms with E-state index in [-0.39, 0.29) is 17.1 Å². The molecular weight excluding hydrogens is 367 g/mol. The number of halogens is 1. The summed E-state index contributed by atoms with van der Waals surface area (Å²) in [7, 11) is 0. The number of rotatable bonds is 6. The molecule has 28 heavy (non-hydrogen) atoms. The molecule has 3 aromatic rings. The fourth-order valence-corrected chi connectivity index (χ4v) is 2.44. The number of fused-ring (bicyclic) bond motifs is 1. The number of esters is 2. The van der Waals surface area contributed by atoms with E-state index >= 15 is 0 Å². The Hall–Kier alpha value is -4.00. The van der Waals surface area contributed by atoms with E-state index in [2.05, 4.69) is 6.58 Å². The van der Waals surface area contributed by atoms with Gasteiger partial charge in [0.25, 0.3) is 6.47 Å². The summed E-state index contributed by atoms with van der Waals surface area (Å²) in [4.78, 5) is 33.8. The lowest BCUT2D eigenvalue weighted by molar-refractivity contribution is -0.129. The molecule has 0 aliphatic carbocycles. The van der Waals surface area contributed by atoms with Crippen molar-refractivity contribution in [3.05, 3.63) is 78.6 Å². The molecule has 0 N–H and O–H groups in total. The molecule has 0 fully saturated rings. The van der Waals surface area contributed by atoms with Gasteiger partial charge in [0.15, 0.2) is 0 Å². The molecular formula is C21H13FO6. The van der Waals surface area contributed by atoms with E-state index in [0.29, 0.717) is 12.2 Å². The van der Waals surface area contributed by atoms with E-state index in [1.807, 2.05) is 0 Å². The van der Waals surface area contributed by atoms with Gasteiger partial charge >= 0.3 is 11.9 Å². The highest BCUT2D eigenvalue weighted by Crippen LogP contribution is 2.26. The maximum atomic E-state index is 14.2. The summed E-state index contributed by atoms with van der Waals surface area (Å²) >= 11 is 0. The zero-order valence-corrected chi connectivity index (χ0v) is 14.4. The highest BCUT2D eigenvalue weighted by atomic mass is 19.1. The number of carbonyl (C=O) groups excluding carboxylic acids is 3. The second kappa shape index (κ2) is 8.13. The molecule has 6 nitrogen and oxygen atoms in total. The van der Waals surface area contributed by atoms with Crippen LogP contribution in [0.5, 0.6) is 17.2 Å². The molecule has 0 amide bonds. The molecule has 0 aliphatic heterocycles. The van der Waals surface area contributed by atoms with Crippen molar-refractivity contribution >= 4 is 29.2 Å². The molecule has 3 aromatic carbocycles. The number of carbonyl (C=O) groups is 3. The summed E-state index contributed by atoms with van der Waals surface area (Å²) in [5, 5.41) is 1.49. The van der Waals surface area contributed by atoms with Gasteiger partial charge in [-0.3, -0.25) is 4.79 Å². The van der Waals surface area contributed by atoms with Crippen molar-refractivity contribution < 1.29 is 33.0 Å². The summed E-state index contributed by atoms with van der Waals surface area (Å²) in [5.74, 6) is -2.00. The molecule has 0 bridgehead atoms. The van der Waals surface area contributed by atoms with Crippen LogP contribution < -0.4 is 14.2 Å². The third-order valence-corrected chi connectivity index (χ3v) is 3.72. The average Bonchev–Trinajstić information content (AvgIpc) is 2.68. The van der Waals surface area contributed by atoms with Crippen LogP contribution in [0.15, 0.2) is 67.3 Å². The van der Waals surface area contributed by atoms with Crippen LogP contribution in [-0.4, -0.2) is 18.4 Å². The van der Waals surface area contributed by atoms with Gasteiger partial charge in [0.2, 0.25) is 0 Å². The molecule has 0 radical (unpaired) electrons. The average molecular weight is 380 g/mol. The minimum atomic E-state index is -0.903. The third-order valence-electron chi connectivity index (χ3n) is 3.72. The van der Waals surface area contributed by atoms with Crippen LogP contribution in [0.4, 0.5) is 4.39 Å². The van der Waals surface area contributed by atoms with Gasteiger partial charge in [-0.25, -0.2) is 14.0 Å². The Morgan fingerprint density at radius 2 is 1.46 bits per heavy atom. The van der Waals surface area contributed by atoms with Crippen LogP contribution in [0.1, 0.15) is 10.4 Å². The number of benzene rings is 3. The zero-order chi connectivity index (χ0) is 20.1. The minimum Gasteiger partial charge on any atom is -0.429 e. The van der Waals surface area contributed by atoms with Gasteiger partial charge in [-0.15, -0.1) is 0 Å². The molecule has 3 rings (SSSR count). The third kappa shape index (κ3) is 4.21. The van der Waals surface area contributed by atoms with Crippen molar-refractivity contribution in [2.75, 3.05) is 0 Å². The van der Waals surface area contributed by atoms with Crippen LogP contribution in [0.2, 0.25) is 0 Å². The Morgan fingerprint density at radius 3 is 2.11 bits per heavy atom. The maximum Gasteiger partial charge on any atom is 0.346 e. The molecule has 0 atom stereocenters. The van der Waals surface area contributed by atoms with Crippen LogP contribution in [-0.2, 0) is 9.59 Å². The van der Waals surface area contributed by atoms with E-state index in [1.54, 1.807) is 30.3 Å². The molecule has 0 spiro atoms. The Bertz CT molecular complexity index is 1090. The normalized spacial score (nSPS) is 10.2. The Labute approximate surface area is 158 Å². The van der Waals surface area contributed by atoms with Crippen molar-refractivity contribution in [2.24, 2.45) is 0 Å². The second-order valence-corrected chi connectivity index (χ2v) is 5.54. The van der Waals surface area contributed by atoms with Crippen LogP contribution in [0.3, 0.4) is 0 Å². The topological polar surface area (TPSA) is 78.9 Å². The largest absolute Gasteiger partial charge is 0.429 e. The first-order valence-corrected chi connectivity index (χ1v) is 8.00. The molecule has 7 heteroatoms. The first kappa shape index (κ1) is 18.8. The van der Waals surface area contributed by atoms with Gasteiger partial charge in [-0.05, 0) is 47.2 Å². The van der Waals surface area contributed by atoms with Crippen molar-refractivity contribution in [3.8, 4) is 17.2 Å². The molecule has 0 unspecified atom stereocenters. The molecule has 0 heterocycles. The number of ether oxygens (including phenoxy) is 3. The number of hydrogen-bond donors (Lipinski definition) is 0. The Kier molecular flexibility index (Phi) is 5.45. The van der Waals surface area contributed by atoms with Gasteiger partial charge in [0.05, 0.1) is 5.56 Å². The summed E-state index contributed by atoms with van der Waals surface area (Å²) in [5.41, 5.74) is -0.312. The van der Waals surface area contributed by atoms with Crippen molar-refractivity contribution in [2.45, 2.75) is 0 Å².